The molecule has 0 saturated heterocycles. The molecule has 7 aromatic rings. The van der Waals surface area contributed by atoms with Crippen LogP contribution in [-0.2, 0) is 16.8 Å². The van der Waals surface area contributed by atoms with Crippen molar-refractivity contribution < 1.29 is 56.4 Å². The number of H-pyrrole nitrogens is 2. The molecule has 4 aromatic carbocycles. The summed E-state index contributed by atoms with van der Waals surface area (Å²) in [5, 5.41) is 38.7. The van der Waals surface area contributed by atoms with Crippen LogP contribution < -0.4 is 0 Å². The Kier molecular flexibility index (Phi) is 10.3. The molecule has 0 spiro atoms. The fourth-order valence-electron chi connectivity index (χ4n) is 7.54. The van der Waals surface area contributed by atoms with Crippen LogP contribution >= 0.6 is 0 Å². The molecule has 9 rings (SSSR count). The molecule has 5 heterocycles. The number of carboxylic acids is 4. The van der Waals surface area contributed by atoms with Crippen LogP contribution in [0.15, 0.2) is 121 Å². The van der Waals surface area contributed by atoms with Crippen LogP contribution in [0.1, 0.15) is 64.2 Å². The second-order valence-corrected chi connectivity index (χ2v) is 14.0. The number of nitrogens with one attached hydrogen (secondary N) is 2. The first-order chi connectivity index (χ1) is 29.0. The number of hydrogen-bond donors (Lipinski definition) is 6. The van der Waals surface area contributed by atoms with Gasteiger partial charge in [-0.15, -0.1) is 0 Å². The van der Waals surface area contributed by atoms with Crippen LogP contribution in [0.4, 0.5) is 0 Å². The molecule has 3 aromatic heterocycles. The van der Waals surface area contributed by atoms with Crippen molar-refractivity contribution >= 4 is 70.2 Å². The Labute approximate surface area is 356 Å². The maximum absolute atomic E-state index is 11.8. The first-order valence-electron chi connectivity index (χ1n) is 18.5. The molecule has 0 saturated carbocycles. The topological polar surface area (TPSA) is 207 Å². The van der Waals surface area contributed by atoms with Crippen LogP contribution in [-0.4, -0.2) is 64.2 Å². The monoisotopic (exact) mass is 849 g/mol. The van der Waals surface area contributed by atoms with Gasteiger partial charge in [0.25, 0.3) is 0 Å². The van der Waals surface area contributed by atoms with E-state index in [9.17, 15) is 39.6 Å². The summed E-state index contributed by atoms with van der Waals surface area (Å²) in [6.07, 6.45) is 7.47. The Morgan fingerprint density at radius 1 is 0.328 bits per heavy atom. The Morgan fingerprint density at radius 2 is 0.525 bits per heavy atom. The van der Waals surface area contributed by atoms with Crippen molar-refractivity contribution in [2.24, 2.45) is 0 Å². The third-order valence-electron chi connectivity index (χ3n) is 10.4. The average molecular weight is 850 g/mol. The normalized spacial score (nSPS) is 11.5. The summed E-state index contributed by atoms with van der Waals surface area (Å²) >= 11 is 0. The Morgan fingerprint density at radius 3 is 0.705 bits per heavy atom. The van der Waals surface area contributed by atoms with Crippen LogP contribution in [0.25, 0.3) is 90.9 Å². The summed E-state index contributed by atoms with van der Waals surface area (Å²) < 4.78 is 0. The minimum Gasteiger partial charge on any atom is -0.478 e. The number of aromatic nitrogens is 4. The molecule has 297 valence electrons. The van der Waals surface area contributed by atoms with Gasteiger partial charge in [-0.2, -0.15) is 0 Å². The predicted octanol–water partition coefficient (Wildman–Crippen LogP) is 10.1. The van der Waals surface area contributed by atoms with Gasteiger partial charge in [0, 0.05) is 44.3 Å². The number of nitrogens with zero attached hydrogens (tertiary/aromatic N) is 2. The molecule has 61 heavy (non-hydrogen) atoms. The van der Waals surface area contributed by atoms with Crippen molar-refractivity contribution in [3.8, 4) is 44.5 Å². The molecule has 0 amide bonds. The van der Waals surface area contributed by atoms with Gasteiger partial charge in [0.1, 0.15) is 0 Å². The molecule has 6 N–H and O–H groups in total. The summed E-state index contributed by atoms with van der Waals surface area (Å²) in [6, 6.07) is 33.6. The Balaban J connectivity index is 0.00000514. The van der Waals surface area contributed by atoms with E-state index >= 15 is 0 Å². The summed E-state index contributed by atoms with van der Waals surface area (Å²) in [5.41, 5.74) is 10.7. The number of rotatable bonds is 8. The molecule has 0 aliphatic carbocycles. The second-order valence-electron chi connectivity index (χ2n) is 14.0. The fraction of sp³-hybridized carbons (Fsp3) is 0. The molecule has 13 heteroatoms. The van der Waals surface area contributed by atoms with E-state index in [4.69, 9.17) is 9.97 Å². The van der Waals surface area contributed by atoms with Crippen molar-refractivity contribution in [1.82, 2.24) is 19.9 Å². The molecule has 2 aliphatic heterocycles. The number of fused-ring (bicyclic) bond motifs is 8. The van der Waals surface area contributed by atoms with Crippen molar-refractivity contribution in [2.45, 2.75) is 0 Å². The van der Waals surface area contributed by atoms with Gasteiger partial charge in [-0.25, -0.2) is 29.1 Å². The maximum Gasteiger partial charge on any atom is 2.00 e. The van der Waals surface area contributed by atoms with E-state index in [1.54, 1.807) is 48.5 Å². The summed E-state index contributed by atoms with van der Waals surface area (Å²) in [6.45, 7) is 0. The first-order valence-corrected chi connectivity index (χ1v) is 18.5. The van der Waals surface area contributed by atoms with E-state index in [0.29, 0.717) is 89.4 Å². The van der Waals surface area contributed by atoms with Crippen LogP contribution in [0.3, 0.4) is 0 Å². The zero-order valence-corrected chi connectivity index (χ0v) is 32.5. The van der Waals surface area contributed by atoms with E-state index in [0.717, 1.165) is 0 Å². The van der Waals surface area contributed by atoms with E-state index in [2.05, 4.69) is 9.97 Å². The van der Waals surface area contributed by atoms with Crippen molar-refractivity contribution in [3.05, 3.63) is 166 Å². The number of hydrogen-bond acceptors (Lipinski definition) is 6. The molecule has 12 nitrogen and oxygen atoms in total. The van der Waals surface area contributed by atoms with Gasteiger partial charge in [0.2, 0.25) is 0 Å². The number of aromatic amines is 2. The standard InChI is InChI=1S/C48H30N4O8.Co/c53-45(54)29-9-1-25(2-10-29)41-33-17-19-35(49-33)42(26-3-11-30(12-4-26)46(55)56)37-21-23-39(51-37)44(28-7-15-32(16-8-28)48(59)60)40-24-22-38(52-40)43(36-20-18-34(41)50-36)27-5-13-31(14-6-27)47(57)58;/h1-24,49,52H,(H,53,54)(H,55,56)(H,57,58)(H,59,60);/q;+2. The summed E-state index contributed by atoms with van der Waals surface area (Å²) in [4.78, 5) is 64.8. The average Bonchev–Trinajstić information content (AvgIpc) is 4.10. The Bertz CT molecular complexity index is 2760. The van der Waals surface area contributed by atoms with Gasteiger partial charge in [-0.05, 0) is 119 Å². The molecule has 0 fully saturated rings. The van der Waals surface area contributed by atoms with Crippen LogP contribution in [0, 0.1) is 0 Å². The third-order valence-corrected chi connectivity index (χ3v) is 10.4. The number of carboxylic acid groups (broad SMARTS) is 4. The van der Waals surface area contributed by atoms with Crippen LogP contribution in [0.2, 0.25) is 0 Å². The van der Waals surface area contributed by atoms with Gasteiger partial charge in [0.05, 0.1) is 45.0 Å². The summed E-state index contributed by atoms with van der Waals surface area (Å²) in [5.74, 6) is -4.25. The zero-order chi connectivity index (χ0) is 41.7. The second kappa shape index (κ2) is 15.9. The first kappa shape index (κ1) is 39.7. The van der Waals surface area contributed by atoms with E-state index < -0.39 is 23.9 Å². The van der Waals surface area contributed by atoms with Crippen molar-refractivity contribution in [1.29, 1.82) is 0 Å². The van der Waals surface area contributed by atoms with Gasteiger partial charge >= 0.3 is 40.7 Å². The van der Waals surface area contributed by atoms with E-state index in [1.165, 1.54) is 48.5 Å². The number of benzene rings is 4. The molecular formula is C48H30CoN4O8+2. The number of aromatic carboxylic acids is 4. The predicted molar refractivity (Wildman–Crippen MR) is 228 cm³/mol. The van der Waals surface area contributed by atoms with E-state index in [-0.39, 0.29) is 39.0 Å². The fourth-order valence-corrected chi connectivity index (χ4v) is 7.54. The van der Waals surface area contributed by atoms with Crippen LogP contribution in [0.5, 0.6) is 0 Å². The zero-order valence-electron chi connectivity index (χ0n) is 31.5. The van der Waals surface area contributed by atoms with Gasteiger partial charge < -0.3 is 30.4 Å². The van der Waals surface area contributed by atoms with Crippen molar-refractivity contribution in [3.63, 3.8) is 0 Å². The smallest absolute Gasteiger partial charge is 0.478 e. The minimum atomic E-state index is -1.06. The quantitative estimate of drug-likeness (QED) is 0.0853. The van der Waals surface area contributed by atoms with Crippen molar-refractivity contribution in [2.75, 3.05) is 0 Å². The molecule has 8 bridgehead atoms. The van der Waals surface area contributed by atoms with Gasteiger partial charge in [-0.3, -0.25) is 0 Å². The molecule has 0 unspecified atom stereocenters. The largest absolute Gasteiger partial charge is 2.00 e. The summed E-state index contributed by atoms with van der Waals surface area (Å²) in [7, 11) is 0. The van der Waals surface area contributed by atoms with Gasteiger partial charge in [-0.1, -0.05) is 48.5 Å². The third kappa shape index (κ3) is 7.42. The molecule has 2 aliphatic rings. The van der Waals surface area contributed by atoms with Gasteiger partial charge in [0.15, 0.2) is 0 Å². The van der Waals surface area contributed by atoms with E-state index in [1.807, 2.05) is 48.6 Å². The number of carbonyl (C=O) groups is 4. The Hall–Kier alpha value is -8.13. The SMILES string of the molecule is O=C(O)c1ccc(-c2c3nc(c(-c4ccc(C(=O)O)cc4)c4ccc([nH]4)c(-c4ccc(C(=O)O)cc4)c4nc(c(-c5ccc(C(=O)O)cc5)c5ccc2[nH]5)C=C4)C=C3)cc1.[Co+2]. The minimum absolute atomic E-state index is 0. The molecule has 1 radical (unpaired) electrons. The maximum atomic E-state index is 11.8. The molecule has 0 atom stereocenters. The molecular weight excluding hydrogens is 819 g/mol.